The van der Waals surface area contributed by atoms with Crippen LogP contribution in [0.15, 0.2) is 24.5 Å². The van der Waals surface area contributed by atoms with Gasteiger partial charge >= 0.3 is 0 Å². The maximum atomic E-state index is 4.34. The van der Waals surface area contributed by atoms with Crippen molar-refractivity contribution in [2.45, 2.75) is 38.6 Å². The number of aromatic nitrogens is 4. The molecule has 114 valence electrons. The Bertz CT molecular complexity index is 563. The van der Waals surface area contributed by atoms with Crippen molar-refractivity contribution < 1.29 is 0 Å². The molecule has 3 heterocycles. The third-order valence-corrected chi connectivity index (χ3v) is 4.65. The van der Waals surface area contributed by atoms with E-state index in [1.807, 2.05) is 24.1 Å². The molecule has 0 aliphatic carbocycles. The Morgan fingerprint density at radius 2 is 1.90 bits per heavy atom. The zero-order valence-electron chi connectivity index (χ0n) is 13.1. The van der Waals surface area contributed by atoms with Crippen LogP contribution in [0.2, 0.25) is 0 Å². The predicted octanol–water partition coefficient (Wildman–Crippen LogP) is 2.06. The molecule has 0 radical (unpaired) electrons. The van der Waals surface area contributed by atoms with Gasteiger partial charge in [-0.05, 0) is 45.0 Å². The van der Waals surface area contributed by atoms with Crippen LogP contribution >= 0.6 is 0 Å². The largest absolute Gasteiger partial charge is 0.303 e. The third kappa shape index (κ3) is 3.18. The molecular weight excluding hydrogens is 262 g/mol. The SMILES string of the molecule is CCn1nccc1CCN1CCC(c2ccnn2C)CC1. The Hall–Kier alpha value is -1.62. The van der Waals surface area contributed by atoms with Gasteiger partial charge in [-0.25, -0.2) is 0 Å². The van der Waals surface area contributed by atoms with Gasteiger partial charge in [0.25, 0.3) is 0 Å². The minimum absolute atomic E-state index is 0.676. The minimum atomic E-state index is 0.676. The van der Waals surface area contributed by atoms with Crippen LogP contribution in [0.25, 0.3) is 0 Å². The molecule has 1 fully saturated rings. The predicted molar refractivity (Wildman–Crippen MR) is 83.2 cm³/mol. The van der Waals surface area contributed by atoms with E-state index in [1.165, 1.54) is 37.3 Å². The highest BCUT2D eigenvalue weighted by Gasteiger charge is 2.22. The molecule has 0 amide bonds. The Balaban J connectivity index is 1.49. The van der Waals surface area contributed by atoms with E-state index in [0.717, 1.165) is 19.5 Å². The average molecular weight is 287 g/mol. The topological polar surface area (TPSA) is 38.9 Å². The van der Waals surface area contributed by atoms with Crippen LogP contribution in [-0.4, -0.2) is 44.1 Å². The van der Waals surface area contributed by atoms with Gasteiger partial charge < -0.3 is 4.90 Å². The summed E-state index contributed by atoms with van der Waals surface area (Å²) in [5, 5.41) is 8.64. The summed E-state index contributed by atoms with van der Waals surface area (Å²) in [5.74, 6) is 0.676. The number of piperidine rings is 1. The van der Waals surface area contributed by atoms with Crippen molar-refractivity contribution in [3.8, 4) is 0 Å². The molecule has 0 saturated carbocycles. The summed E-state index contributed by atoms with van der Waals surface area (Å²) >= 11 is 0. The molecule has 0 atom stereocenters. The van der Waals surface area contributed by atoms with E-state index in [0.29, 0.717) is 5.92 Å². The van der Waals surface area contributed by atoms with E-state index in [1.54, 1.807) is 0 Å². The lowest BCUT2D eigenvalue weighted by Crippen LogP contribution is -2.35. The van der Waals surface area contributed by atoms with Crippen LogP contribution in [0.1, 0.15) is 37.1 Å². The Labute approximate surface area is 126 Å². The zero-order valence-corrected chi connectivity index (χ0v) is 13.1. The van der Waals surface area contributed by atoms with Crippen molar-refractivity contribution in [1.82, 2.24) is 24.5 Å². The standard InChI is InChI=1S/C16H25N5/c1-3-21-15(4-9-18-21)8-13-20-11-6-14(7-12-20)16-5-10-17-19(16)2/h4-5,9-10,14H,3,6-8,11-13H2,1-2H3. The Kier molecular flexibility index (Phi) is 4.39. The van der Waals surface area contributed by atoms with Crippen molar-refractivity contribution >= 4 is 0 Å². The lowest BCUT2D eigenvalue weighted by atomic mass is 9.93. The zero-order chi connectivity index (χ0) is 14.7. The molecule has 1 saturated heterocycles. The molecular formula is C16H25N5. The molecule has 1 aliphatic heterocycles. The highest BCUT2D eigenvalue weighted by atomic mass is 15.3. The summed E-state index contributed by atoms with van der Waals surface area (Å²) in [6.07, 6.45) is 7.41. The minimum Gasteiger partial charge on any atom is -0.303 e. The summed E-state index contributed by atoms with van der Waals surface area (Å²) in [6, 6.07) is 4.31. The van der Waals surface area contributed by atoms with Crippen LogP contribution in [-0.2, 0) is 20.0 Å². The van der Waals surface area contributed by atoms with Crippen LogP contribution in [0.3, 0.4) is 0 Å². The molecule has 1 aliphatic rings. The van der Waals surface area contributed by atoms with E-state index < -0.39 is 0 Å². The normalized spacial score (nSPS) is 17.4. The fraction of sp³-hybridized carbons (Fsp3) is 0.625. The summed E-state index contributed by atoms with van der Waals surface area (Å²) in [4.78, 5) is 2.58. The van der Waals surface area contributed by atoms with E-state index in [-0.39, 0.29) is 0 Å². The van der Waals surface area contributed by atoms with Crippen LogP contribution < -0.4 is 0 Å². The fourth-order valence-electron chi connectivity index (χ4n) is 3.37. The fourth-order valence-corrected chi connectivity index (χ4v) is 3.37. The molecule has 21 heavy (non-hydrogen) atoms. The lowest BCUT2D eigenvalue weighted by Gasteiger charge is -2.32. The van der Waals surface area contributed by atoms with Crippen molar-refractivity contribution in [3.63, 3.8) is 0 Å². The molecule has 5 heteroatoms. The third-order valence-electron chi connectivity index (χ3n) is 4.65. The smallest absolute Gasteiger partial charge is 0.0492 e. The molecule has 2 aromatic rings. The Morgan fingerprint density at radius 1 is 1.14 bits per heavy atom. The molecule has 0 bridgehead atoms. The first kappa shape index (κ1) is 14.3. The molecule has 0 N–H and O–H groups in total. The van der Waals surface area contributed by atoms with Gasteiger partial charge in [0.1, 0.15) is 0 Å². The number of likely N-dealkylation sites (tertiary alicyclic amines) is 1. The van der Waals surface area contributed by atoms with Gasteiger partial charge in [0.05, 0.1) is 0 Å². The molecule has 0 spiro atoms. The van der Waals surface area contributed by atoms with E-state index in [2.05, 4.69) is 38.8 Å². The molecule has 3 rings (SSSR count). The Morgan fingerprint density at radius 3 is 2.57 bits per heavy atom. The van der Waals surface area contributed by atoms with Crippen molar-refractivity contribution in [3.05, 3.63) is 35.9 Å². The summed E-state index contributed by atoms with van der Waals surface area (Å²) in [6.45, 7) is 6.64. The quantitative estimate of drug-likeness (QED) is 0.845. The number of rotatable bonds is 5. The molecule has 0 aromatic carbocycles. The van der Waals surface area contributed by atoms with Gasteiger partial charge in [-0.15, -0.1) is 0 Å². The first-order valence-corrected chi connectivity index (χ1v) is 7.99. The van der Waals surface area contributed by atoms with Gasteiger partial charge in [-0.2, -0.15) is 10.2 Å². The highest BCUT2D eigenvalue weighted by molar-refractivity contribution is 5.09. The number of aryl methyl sites for hydroxylation is 2. The maximum Gasteiger partial charge on any atom is 0.0492 e. The molecule has 0 unspecified atom stereocenters. The average Bonchev–Trinajstić information content (AvgIpc) is 3.14. The lowest BCUT2D eigenvalue weighted by molar-refractivity contribution is 0.210. The monoisotopic (exact) mass is 287 g/mol. The van der Waals surface area contributed by atoms with E-state index in [4.69, 9.17) is 0 Å². The van der Waals surface area contributed by atoms with E-state index >= 15 is 0 Å². The summed E-state index contributed by atoms with van der Waals surface area (Å²) < 4.78 is 4.13. The van der Waals surface area contributed by atoms with Gasteiger partial charge in [0, 0.05) is 56.3 Å². The van der Waals surface area contributed by atoms with Crippen LogP contribution in [0.5, 0.6) is 0 Å². The van der Waals surface area contributed by atoms with Gasteiger partial charge in [-0.1, -0.05) is 0 Å². The molecule has 2 aromatic heterocycles. The van der Waals surface area contributed by atoms with Gasteiger partial charge in [0.15, 0.2) is 0 Å². The van der Waals surface area contributed by atoms with Gasteiger partial charge in [-0.3, -0.25) is 9.36 Å². The first-order valence-electron chi connectivity index (χ1n) is 7.99. The first-order chi connectivity index (χ1) is 10.3. The number of nitrogens with zero attached hydrogens (tertiary/aromatic N) is 5. The van der Waals surface area contributed by atoms with Crippen LogP contribution in [0.4, 0.5) is 0 Å². The second kappa shape index (κ2) is 6.43. The van der Waals surface area contributed by atoms with E-state index in [9.17, 15) is 0 Å². The van der Waals surface area contributed by atoms with Crippen LogP contribution in [0, 0.1) is 0 Å². The number of hydrogen-bond donors (Lipinski definition) is 0. The summed E-state index contributed by atoms with van der Waals surface area (Å²) in [7, 11) is 2.05. The van der Waals surface area contributed by atoms with Gasteiger partial charge in [0.2, 0.25) is 0 Å². The second-order valence-corrected chi connectivity index (χ2v) is 5.88. The van der Waals surface area contributed by atoms with Crippen molar-refractivity contribution in [2.24, 2.45) is 7.05 Å². The maximum absolute atomic E-state index is 4.34. The number of hydrogen-bond acceptors (Lipinski definition) is 3. The second-order valence-electron chi connectivity index (χ2n) is 5.88. The molecule has 5 nitrogen and oxygen atoms in total. The van der Waals surface area contributed by atoms with Crippen molar-refractivity contribution in [2.75, 3.05) is 19.6 Å². The van der Waals surface area contributed by atoms with Crippen molar-refractivity contribution in [1.29, 1.82) is 0 Å². The highest BCUT2D eigenvalue weighted by Crippen LogP contribution is 2.27. The summed E-state index contributed by atoms with van der Waals surface area (Å²) in [5.41, 5.74) is 2.74.